The number of nitrogens with zero attached hydrogens (tertiary/aromatic N) is 2. The summed E-state index contributed by atoms with van der Waals surface area (Å²) in [6, 6.07) is 4.33. The average Bonchev–Trinajstić information content (AvgIpc) is 2.92. The van der Waals surface area contributed by atoms with Crippen LogP contribution in [0.4, 0.5) is 27.6 Å². The summed E-state index contributed by atoms with van der Waals surface area (Å²) in [7, 11) is 0. The van der Waals surface area contributed by atoms with E-state index in [2.05, 4.69) is 15.2 Å². The van der Waals surface area contributed by atoms with Crippen molar-refractivity contribution in [1.29, 1.82) is 0 Å². The molecule has 0 saturated heterocycles. The first-order valence-corrected chi connectivity index (χ1v) is 7.10. The van der Waals surface area contributed by atoms with Crippen LogP contribution in [0.1, 0.15) is 35.9 Å². The fourth-order valence-electron chi connectivity index (χ4n) is 2.15. The topological polar surface area (TPSA) is 56.2 Å². The second-order valence-electron chi connectivity index (χ2n) is 5.30. The number of aromatic nitrogens is 2. The zero-order valence-electron chi connectivity index (χ0n) is 13.1. The Labute approximate surface area is 139 Å². The average molecular weight is 363 g/mol. The lowest BCUT2D eigenvalue weighted by atomic mass is 10.2. The predicted molar refractivity (Wildman–Crippen MR) is 78.6 cm³/mol. The highest BCUT2D eigenvalue weighted by Crippen LogP contribution is 2.34. The summed E-state index contributed by atoms with van der Waals surface area (Å²) >= 11 is 0. The highest BCUT2D eigenvalue weighted by atomic mass is 19.4. The lowest BCUT2D eigenvalue weighted by Gasteiger charge is -2.15. The van der Waals surface area contributed by atoms with Gasteiger partial charge in [-0.15, -0.1) is 0 Å². The highest BCUT2D eigenvalue weighted by Gasteiger charge is 2.40. The molecule has 0 atom stereocenters. The van der Waals surface area contributed by atoms with E-state index in [9.17, 15) is 26.7 Å². The minimum absolute atomic E-state index is 0.00794. The van der Waals surface area contributed by atoms with Gasteiger partial charge in [-0.3, -0.25) is 9.48 Å². The van der Waals surface area contributed by atoms with Gasteiger partial charge in [-0.1, -0.05) is 6.07 Å². The molecule has 0 unspecified atom stereocenters. The van der Waals surface area contributed by atoms with Gasteiger partial charge in [0.25, 0.3) is 5.91 Å². The van der Waals surface area contributed by atoms with Crippen molar-refractivity contribution in [2.24, 2.45) is 0 Å². The summed E-state index contributed by atoms with van der Waals surface area (Å²) in [6.45, 7) is -0.0727. The van der Waals surface area contributed by atoms with Crippen LogP contribution in [0.25, 0.3) is 0 Å². The van der Waals surface area contributed by atoms with E-state index in [1.807, 2.05) is 0 Å². The molecule has 1 aromatic heterocycles. The molecule has 0 saturated carbocycles. The molecule has 0 aliphatic rings. The van der Waals surface area contributed by atoms with Crippen LogP contribution in [0.15, 0.2) is 30.5 Å². The largest absolute Gasteiger partial charge is 0.435 e. The van der Waals surface area contributed by atoms with Crippen LogP contribution in [-0.2, 0) is 6.18 Å². The molecule has 1 heterocycles. The van der Waals surface area contributed by atoms with Crippen LogP contribution >= 0.6 is 0 Å². The third-order valence-corrected chi connectivity index (χ3v) is 3.11. The molecule has 136 valence electrons. The maximum Gasteiger partial charge on any atom is 0.433 e. The van der Waals surface area contributed by atoms with Gasteiger partial charge in [0, 0.05) is 17.8 Å². The molecule has 0 fully saturated rings. The number of carbonyl (C=O) groups excluding carboxylic acids is 1. The normalized spacial score (nSPS) is 11.9. The van der Waals surface area contributed by atoms with Gasteiger partial charge >= 0.3 is 12.8 Å². The number of halogens is 5. The Morgan fingerprint density at radius 1 is 1.28 bits per heavy atom. The minimum Gasteiger partial charge on any atom is -0.435 e. The Balaban J connectivity index is 2.30. The number of alkyl halides is 5. The maximum absolute atomic E-state index is 13.3. The summed E-state index contributed by atoms with van der Waals surface area (Å²) < 4.78 is 69.1. The van der Waals surface area contributed by atoms with Crippen LogP contribution in [0.2, 0.25) is 0 Å². The standard InChI is InChI=1S/C15H14F5N3O2/c1-8(2)23-12(15(18,19)20)11(7-21-23)13(24)22-9-4-3-5-10(6-9)25-14(16)17/h3-8,14H,1-2H3,(H,22,24). The van der Waals surface area contributed by atoms with E-state index in [1.54, 1.807) is 0 Å². The lowest BCUT2D eigenvalue weighted by Crippen LogP contribution is -2.22. The van der Waals surface area contributed by atoms with Gasteiger partial charge < -0.3 is 10.1 Å². The zero-order valence-corrected chi connectivity index (χ0v) is 13.1. The van der Waals surface area contributed by atoms with Crippen LogP contribution in [-0.4, -0.2) is 22.3 Å². The Morgan fingerprint density at radius 3 is 2.52 bits per heavy atom. The molecule has 10 heteroatoms. The quantitative estimate of drug-likeness (QED) is 0.804. The number of hydrogen-bond donors (Lipinski definition) is 1. The molecule has 0 aliphatic carbocycles. The smallest absolute Gasteiger partial charge is 0.433 e. The number of rotatable bonds is 5. The van der Waals surface area contributed by atoms with E-state index in [4.69, 9.17) is 0 Å². The predicted octanol–water partition coefficient (Wildman–Crippen LogP) is 4.34. The van der Waals surface area contributed by atoms with Crippen LogP contribution in [0.3, 0.4) is 0 Å². The highest BCUT2D eigenvalue weighted by molar-refractivity contribution is 6.05. The number of hydrogen-bond acceptors (Lipinski definition) is 3. The molecule has 25 heavy (non-hydrogen) atoms. The molecule has 1 N–H and O–H groups in total. The summed E-state index contributed by atoms with van der Waals surface area (Å²) in [5.41, 5.74) is -1.84. The zero-order chi connectivity index (χ0) is 18.8. The van der Waals surface area contributed by atoms with E-state index in [-0.39, 0.29) is 11.4 Å². The van der Waals surface area contributed by atoms with Crippen molar-refractivity contribution in [3.8, 4) is 5.75 Å². The third-order valence-electron chi connectivity index (χ3n) is 3.11. The Morgan fingerprint density at radius 2 is 1.96 bits per heavy atom. The van der Waals surface area contributed by atoms with E-state index in [0.717, 1.165) is 12.3 Å². The second kappa shape index (κ2) is 7.08. The third kappa shape index (κ3) is 4.46. The molecular weight excluding hydrogens is 349 g/mol. The van der Waals surface area contributed by atoms with Gasteiger partial charge in [0.1, 0.15) is 5.75 Å². The molecule has 0 aliphatic heterocycles. The van der Waals surface area contributed by atoms with Crippen molar-refractivity contribution in [2.75, 3.05) is 5.32 Å². The lowest BCUT2D eigenvalue weighted by molar-refractivity contribution is -0.145. The number of ether oxygens (including phenoxy) is 1. The number of benzene rings is 1. The molecule has 5 nitrogen and oxygen atoms in total. The maximum atomic E-state index is 13.3. The van der Waals surface area contributed by atoms with E-state index in [1.165, 1.54) is 32.0 Å². The first-order chi connectivity index (χ1) is 11.6. The second-order valence-corrected chi connectivity index (χ2v) is 5.30. The Hall–Kier alpha value is -2.65. The first-order valence-electron chi connectivity index (χ1n) is 7.10. The van der Waals surface area contributed by atoms with Gasteiger partial charge in [0.15, 0.2) is 5.69 Å². The van der Waals surface area contributed by atoms with Crippen molar-refractivity contribution >= 4 is 11.6 Å². The van der Waals surface area contributed by atoms with Crippen molar-refractivity contribution in [3.05, 3.63) is 41.7 Å². The van der Waals surface area contributed by atoms with E-state index >= 15 is 0 Å². The van der Waals surface area contributed by atoms with Gasteiger partial charge in [-0.25, -0.2) is 0 Å². The van der Waals surface area contributed by atoms with Crippen LogP contribution in [0.5, 0.6) is 5.75 Å². The molecule has 0 bridgehead atoms. The summed E-state index contributed by atoms with van der Waals surface area (Å²) in [4.78, 5) is 12.2. The van der Waals surface area contributed by atoms with Crippen molar-refractivity contribution in [2.45, 2.75) is 32.7 Å². The monoisotopic (exact) mass is 363 g/mol. The molecule has 2 aromatic rings. The van der Waals surface area contributed by atoms with Crippen LogP contribution in [0, 0.1) is 0 Å². The number of carbonyl (C=O) groups is 1. The van der Waals surface area contributed by atoms with Gasteiger partial charge in [0.2, 0.25) is 0 Å². The van der Waals surface area contributed by atoms with E-state index < -0.39 is 36.0 Å². The summed E-state index contributed by atoms with van der Waals surface area (Å²) in [5.74, 6) is -1.30. The fourth-order valence-corrected chi connectivity index (χ4v) is 2.15. The SMILES string of the molecule is CC(C)n1ncc(C(=O)Nc2cccc(OC(F)F)c2)c1C(F)(F)F. The molecule has 1 aromatic carbocycles. The molecule has 1 amide bonds. The number of amides is 1. The fraction of sp³-hybridized carbons (Fsp3) is 0.333. The molecular formula is C15H14F5N3O2. The first kappa shape index (κ1) is 18.7. The molecule has 2 rings (SSSR count). The van der Waals surface area contributed by atoms with E-state index in [0.29, 0.717) is 4.68 Å². The number of anilines is 1. The summed E-state index contributed by atoms with van der Waals surface area (Å²) in [6.07, 6.45) is -3.97. The Kier molecular flexibility index (Phi) is 5.29. The van der Waals surface area contributed by atoms with Gasteiger partial charge in [-0.2, -0.15) is 27.1 Å². The minimum atomic E-state index is -4.78. The Bertz CT molecular complexity index is 756. The molecule has 0 spiro atoms. The summed E-state index contributed by atoms with van der Waals surface area (Å²) in [5, 5.41) is 5.83. The van der Waals surface area contributed by atoms with Gasteiger partial charge in [0.05, 0.1) is 11.8 Å². The van der Waals surface area contributed by atoms with Crippen LogP contribution < -0.4 is 10.1 Å². The van der Waals surface area contributed by atoms with Crippen molar-refractivity contribution < 1.29 is 31.5 Å². The van der Waals surface area contributed by atoms with Crippen molar-refractivity contribution in [3.63, 3.8) is 0 Å². The van der Waals surface area contributed by atoms with Gasteiger partial charge in [-0.05, 0) is 26.0 Å². The molecule has 0 radical (unpaired) electrons. The number of nitrogens with one attached hydrogen (secondary N) is 1. The van der Waals surface area contributed by atoms with Crippen molar-refractivity contribution in [1.82, 2.24) is 9.78 Å².